The Morgan fingerprint density at radius 2 is 2.21 bits per heavy atom. The topological polar surface area (TPSA) is 90.9 Å². The van der Waals surface area contributed by atoms with Gasteiger partial charge >= 0.3 is 0 Å². The first-order valence-corrected chi connectivity index (χ1v) is 6.77. The molecule has 0 radical (unpaired) electrons. The Hall–Kier alpha value is -1.43. The molecule has 106 valence electrons. The van der Waals surface area contributed by atoms with Gasteiger partial charge in [0.2, 0.25) is 5.82 Å². The van der Waals surface area contributed by atoms with Gasteiger partial charge < -0.3 is 10.4 Å². The molecule has 1 amide bonds. The smallest absolute Gasteiger partial charge is 0.290 e. The number of nitrogens with one attached hydrogen (secondary N) is 2. The van der Waals surface area contributed by atoms with Crippen molar-refractivity contribution >= 4 is 5.91 Å². The minimum absolute atomic E-state index is 0.157. The van der Waals surface area contributed by atoms with Crippen molar-refractivity contribution < 1.29 is 9.90 Å². The van der Waals surface area contributed by atoms with E-state index in [4.69, 9.17) is 0 Å². The van der Waals surface area contributed by atoms with Crippen molar-refractivity contribution in [2.24, 2.45) is 5.92 Å². The van der Waals surface area contributed by atoms with E-state index in [0.717, 1.165) is 19.3 Å². The molecule has 1 aromatic heterocycles. The summed E-state index contributed by atoms with van der Waals surface area (Å²) in [4.78, 5) is 16.1. The summed E-state index contributed by atoms with van der Waals surface area (Å²) in [5.41, 5.74) is -0.160. The number of amides is 1. The van der Waals surface area contributed by atoms with Crippen LogP contribution in [-0.2, 0) is 5.41 Å². The Balaban J connectivity index is 1.91. The monoisotopic (exact) mass is 266 g/mol. The Morgan fingerprint density at radius 3 is 2.74 bits per heavy atom. The molecular formula is C13H22N4O2. The van der Waals surface area contributed by atoms with Gasteiger partial charge in [-0.05, 0) is 12.8 Å². The number of aliphatic hydroxyl groups is 1. The first kappa shape index (κ1) is 14.0. The number of carbonyl (C=O) groups excluding carboxylic acids is 1. The highest BCUT2D eigenvalue weighted by Crippen LogP contribution is 2.24. The third-order valence-electron chi connectivity index (χ3n) is 3.54. The van der Waals surface area contributed by atoms with E-state index in [1.807, 2.05) is 20.8 Å². The minimum Gasteiger partial charge on any atom is -0.393 e. The largest absolute Gasteiger partial charge is 0.393 e. The molecule has 2 atom stereocenters. The van der Waals surface area contributed by atoms with Crippen molar-refractivity contribution in [2.75, 3.05) is 6.54 Å². The maximum Gasteiger partial charge on any atom is 0.290 e. The molecular weight excluding hydrogens is 244 g/mol. The first-order chi connectivity index (χ1) is 8.88. The number of carbonyl (C=O) groups is 1. The van der Waals surface area contributed by atoms with E-state index in [0.29, 0.717) is 12.4 Å². The lowest BCUT2D eigenvalue weighted by Crippen LogP contribution is -2.33. The first-order valence-electron chi connectivity index (χ1n) is 6.77. The fourth-order valence-electron chi connectivity index (χ4n) is 2.26. The third-order valence-corrected chi connectivity index (χ3v) is 3.54. The Labute approximate surface area is 113 Å². The molecule has 0 aliphatic heterocycles. The Kier molecular flexibility index (Phi) is 3.89. The number of aromatic nitrogens is 3. The summed E-state index contributed by atoms with van der Waals surface area (Å²) in [6, 6.07) is 0. The van der Waals surface area contributed by atoms with Crippen molar-refractivity contribution in [3.63, 3.8) is 0 Å². The number of H-pyrrole nitrogens is 1. The van der Waals surface area contributed by atoms with Gasteiger partial charge in [0.15, 0.2) is 0 Å². The molecule has 1 aromatic rings. The van der Waals surface area contributed by atoms with Crippen LogP contribution < -0.4 is 5.32 Å². The standard InChI is InChI=1S/C13H22N4O2/c1-13(2,3)12-15-10(16-17-12)11(19)14-7-8-5-4-6-9(8)18/h8-9,18H,4-7H2,1-3H3,(H,14,19)(H,15,16,17). The SMILES string of the molecule is CC(C)(C)c1nc(C(=O)NCC2CCCC2O)n[nH]1. The van der Waals surface area contributed by atoms with Crippen molar-refractivity contribution in [1.82, 2.24) is 20.5 Å². The predicted molar refractivity (Wildman–Crippen MR) is 70.8 cm³/mol. The molecule has 2 rings (SSSR count). The number of aliphatic hydroxyl groups excluding tert-OH is 1. The zero-order valence-electron chi connectivity index (χ0n) is 11.7. The van der Waals surface area contributed by atoms with Crippen molar-refractivity contribution in [2.45, 2.75) is 51.6 Å². The van der Waals surface area contributed by atoms with Crippen LogP contribution in [0.15, 0.2) is 0 Å². The molecule has 0 aromatic carbocycles. The lowest BCUT2D eigenvalue weighted by atomic mass is 9.96. The van der Waals surface area contributed by atoms with Crippen molar-refractivity contribution in [3.8, 4) is 0 Å². The minimum atomic E-state index is -0.294. The maximum absolute atomic E-state index is 11.9. The van der Waals surface area contributed by atoms with Gasteiger partial charge in [-0.15, -0.1) is 5.10 Å². The second-order valence-corrected chi connectivity index (χ2v) is 6.23. The highest BCUT2D eigenvalue weighted by atomic mass is 16.3. The van der Waals surface area contributed by atoms with Gasteiger partial charge in [0.1, 0.15) is 5.82 Å². The molecule has 1 aliphatic rings. The summed E-state index contributed by atoms with van der Waals surface area (Å²) in [6.07, 6.45) is 2.52. The van der Waals surface area contributed by atoms with Crippen molar-refractivity contribution in [1.29, 1.82) is 0 Å². The summed E-state index contributed by atoms with van der Waals surface area (Å²) in [5.74, 6) is 0.729. The molecule has 0 bridgehead atoms. The Morgan fingerprint density at radius 1 is 1.47 bits per heavy atom. The summed E-state index contributed by atoms with van der Waals surface area (Å²) in [7, 11) is 0. The van der Waals surface area contributed by atoms with Gasteiger partial charge in [0.05, 0.1) is 6.10 Å². The van der Waals surface area contributed by atoms with E-state index >= 15 is 0 Å². The van der Waals surface area contributed by atoms with Crippen molar-refractivity contribution in [3.05, 3.63) is 11.6 Å². The van der Waals surface area contributed by atoms with Gasteiger partial charge in [-0.25, -0.2) is 4.98 Å². The summed E-state index contributed by atoms with van der Waals surface area (Å²) >= 11 is 0. The number of hydrogen-bond acceptors (Lipinski definition) is 4. The molecule has 6 heteroatoms. The van der Waals surface area contributed by atoms with Gasteiger partial charge in [-0.1, -0.05) is 27.2 Å². The van der Waals surface area contributed by atoms with Crippen LogP contribution in [0, 0.1) is 5.92 Å². The quantitative estimate of drug-likeness (QED) is 0.761. The van der Waals surface area contributed by atoms with Crippen LogP contribution in [0.5, 0.6) is 0 Å². The maximum atomic E-state index is 11.9. The summed E-state index contributed by atoms with van der Waals surface area (Å²) in [6.45, 7) is 6.50. The molecule has 2 unspecified atom stereocenters. The van der Waals surface area contributed by atoms with Crippen LogP contribution in [0.25, 0.3) is 0 Å². The fraction of sp³-hybridized carbons (Fsp3) is 0.769. The zero-order chi connectivity index (χ0) is 14.0. The van der Waals surface area contributed by atoms with Gasteiger partial charge in [-0.3, -0.25) is 9.89 Å². The van der Waals surface area contributed by atoms with Crippen LogP contribution in [-0.4, -0.2) is 38.8 Å². The second-order valence-electron chi connectivity index (χ2n) is 6.23. The third kappa shape index (κ3) is 3.32. The molecule has 1 heterocycles. The average Bonchev–Trinajstić information content (AvgIpc) is 2.93. The van der Waals surface area contributed by atoms with E-state index in [1.54, 1.807) is 0 Å². The van der Waals surface area contributed by atoms with Gasteiger partial charge in [0.25, 0.3) is 5.91 Å². The van der Waals surface area contributed by atoms with Gasteiger partial charge in [0, 0.05) is 17.9 Å². The predicted octanol–water partition coefficient (Wildman–Crippen LogP) is 0.993. The van der Waals surface area contributed by atoms with E-state index in [9.17, 15) is 9.90 Å². The number of hydrogen-bond donors (Lipinski definition) is 3. The fourth-order valence-corrected chi connectivity index (χ4v) is 2.26. The van der Waals surface area contributed by atoms with Crippen LogP contribution >= 0.6 is 0 Å². The molecule has 0 saturated heterocycles. The molecule has 1 fully saturated rings. The number of rotatable bonds is 3. The highest BCUT2D eigenvalue weighted by molar-refractivity contribution is 5.90. The lowest BCUT2D eigenvalue weighted by Gasteiger charge is -2.14. The van der Waals surface area contributed by atoms with Gasteiger partial charge in [-0.2, -0.15) is 0 Å². The Bertz CT molecular complexity index is 450. The summed E-state index contributed by atoms with van der Waals surface area (Å²) < 4.78 is 0. The second kappa shape index (κ2) is 5.28. The molecule has 1 saturated carbocycles. The number of nitrogens with zero attached hydrogens (tertiary/aromatic N) is 2. The molecule has 6 nitrogen and oxygen atoms in total. The van der Waals surface area contributed by atoms with Crippen LogP contribution in [0.3, 0.4) is 0 Å². The lowest BCUT2D eigenvalue weighted by molar-refractivity contribution is 0.0907. The van der Waals surface area contributed by atoms with E-state index in [-0.39, 0.29) is 29.2 Å². The van der Waals surface area contributed by atoms with Crippen LogP contribution in [0.4, 0.5) is 0 Å². The highest BCUT2D eigenvalue weighted by Gasteiger charge is 2.26. The molecule has 3 N–H and O–H groups in total. The summed E-state index contributed by atoms with van der Waals surface area (Å²) in [5, 5.41) is 19.2. The van der Waals surface area contributed by atoms with E-state index in [2.05, 4.69) is 20.5 Å². The molecule has 19 heavy (non-hydrogen) atoms. The normalized spacial score (nSPS) is 23.6. The van der Waals surface area contributed by atoms with Crippen LogP contribution in [0.1, 0.15) is 56.5 Å². The zero-order valence-corrected chi connectivity index (χ0v) is 11.7. The molecule has 0 spiro atoms. The number of aromatic amines is 1. The van der Waals surface area contributed by atoms with E-state index in [1.165, 1.54) is 0 Å². The van der Waals surface area contributed by atoms with Crippen LogP contribution in [0.2, 0.25) is 0 Å². The van der Waals surface area contributed by atoms with E-state index < -0.39 is 0 Å². The average molecular weight is 266 g/mol. The molecule has 1 aliphatic carbocycles.